The molecule has 106 valence electrons. The van der Waals surface area contributed by atoms with Crippen molar-refractivity contribution in [3.63, 3.8) is 0 Å². The van der Waals surface area contributed by atoms with Crippen molar-refractivity contribution in [3.8, 4) is 0 Å². The SMILES string of the molecule is CC1CN(c2nccn(C(C)(C)C)c2=O)C(C)CN1. The first-order valence-electron chi connectivity index (χ1n) is 6.89. The Morgan fingerprint density at radius 3 is 2.68 bits per heavy atom. The number of hydrogen-bond donors (Lipinski definition) is 1. The highest BCUT2D eigenvalue weighted by molar-refractivity contribution is 5.38. The molecule has 1 aromatic heterocycles. The fraction of sp³-hybridized carbons (Fsp3) is 0.714. The van der Waals surface area contributed by atoms with Crippen molar-refractivity contribution < 1.29 is 0 Å². The number of hydrogen-bond acceptors (Lipinski definition) is 4. The fourth-order valence-corrected chi connectivity index (χ4v) is 2.44. The summed E-state index contributed by atoms with van der Waals surface area (Å²) in [6.07, 6.45) is 3.49. The van der Waals surface area contributed by atoms with Gasteiger partial charge in [0.1, 0.15) is 0 Å². The highest BCUT2D eigenvalue weighted by Gasteiger charge is 2.27. The van der Waals surface area contributed by atoms with E-state index in [-0.39, 0.29) is 17.1 Å². The summed E-state index contributed by atoms with van der Waals surface area (Å²) >= 11 is 0. The lowest BCUT2D eigenvalue weighted by molar-refractivity contribution is 0.377. The predicted molar refractivity (Wildman–Crippen MR) is 77.8 cm³/mol. The molecular formula is C14H24N4O. The third-order valence-electron chi connectivity index (χ3n) is 3.58. The summed E-state index contributed by atoms with van der Waals surface area (Å²) in [6, 6.07) is 0.660. The summed E-state index contributed by atoms with van der Waals surface area (Å²) in [4.78, 5) is 19.0. The van der Waals surface area contributed by atoms with Crippen LogP contribution in [-0.2, 0) is 5.54 Å². The van der Waals surface area contributed by atoms with Crippen LogP contribution in [0.2, 0.25) is 0 Å². The molecule has 19 heavy (non-hydrogen) atoms. The van der Waals surface area contributed by atoms with E-state index in [2.05, 4.69) is 29.0 Å². The van der Waals surface area contributed by atoms with Crippen LogP contribution in [0.3, 0.4) is 0 Å². The molecule has 1 aliphatic heterocycles. The molecule has 1 saturated heterocycles. The average molecular weight is 264 g/mol. The first kappa shape index (κ1) is 14.1. The lowest BCUT2D eigenvalue weighted by Gasteiger charge is -2.38. The zero-order chi connectivity index (χ0) is 14.2. The van der Waals surface area contributed by atoms with Crippen LogP contribution in [0.15, 0.2) is 17.2 Å². The standard InChI is InChI=1S/C14H24N4O/c1-10-9-17(11(2)8-16-10)12-13(19)18(7-6-15-12)14(3,4)5/h6-7,10-11,16H,8-9H2,1-5H3. The van der Waals surface area contributed by atoms with Gasteiger partial charge < -0.3 is 14.8 Å². The second-order valence-electron chi connectivity index (χ2n) is 6.41. The Labute approximate surface area is 114 Å². The topological polar surface area (TPSA) is 50.2 Å². The first-order valence-corrected chi connectivity index (χ1v) is 6.89. The van der Waals surface area contributed by atoms with Gasteiger partial charge in [0.25, 0.3) is 5.56 Å². The van der Waals surface area contributed by atoms with E-state index in [1.54, 1.807) is 17.0 Å². The molecule has 0 amide bonds. The highest BCUT2D eigenvalue weighted by atomic mass is 16.1. The van der Waals surface area contributed by atoms with Gasteiger partial charge in [0.05, 0.1) is 0 Å². The lowest BCUT2D eigenvalue weighted by atomic mass is 10.1. The molecule has 5 nitrogen and oxygen atoms in total. The number of nitrogens with one attached hydrogen (secondary N) is 1. The van der Waals surface area contributed by atoms with Crippen molar-refractivity contribution in [2.24, 2.45) is 0 Å². The summed E-state index contributed by atoms with van der Waals surface area (Å²) in [7, 11) is 0. The number of rotatable bonds is 1. The third kappa shape index (κ3) is 2.81. The maximum absolute atomic E-state index is 12.6. The predicted octanol–water partition coefficient (Wildman–Crippen LogP) is 1.18. The van der Waals surface area contributed by atoms with Crippen LogP contribution in [0.4, 0.5) is 5.82 Å². The minimum Gasteiger partial charge on any atom is -0.346 e. The van der Waals surface area contributed by atoms with E-state index in [1.807, 2.05) is 20.8 Å². The normalized spacial score (nSPS) is 24.6. The maximum atomic E-state index is 12.6. The van der Waals surface area contributed by atoms with Crippen molar-refractivity contribution in [1.29, 1.82) is 0 Å². The molecule has 0 bridgehead atoms. The van der Waals surface area contributed by atoms with Gasteiger partial charge >= 0.3 is 0 Å². The van der Waals surface area contributed by atoms with Crippen LogP contribution < -0.4 is 15.8 Å². The van der Waals surface area contributed by atoms with Crippen molar-refractivity contribution >= 4 is 5.82 Å². The molecular weight excluding hydrogens is 240 g/mol. The number of anilines is 1. The van der Waals surface area contributed by atoms with E-state index in [0.717, 1.165) is 13.1 Å². The number of nitrogens with zero attached hydrogens (tertiary/aromatic N) is 3. The van der Waals surface area contributed by atoms with Crippen LogP contribution in [0.1, 0.15) is 34.6 Å². The Morgan fingerprint density at radius 2 is 2.05 bits per heavy atom. The number of piperazine rings is 1. The van der Waals surface area contributed by atoms with Crippen molar-refractivity contribution in [2.45, 2.75) is 52.2 Å². The molecule has 2 unspecified atom stereocenters. The molecule has 1 aromatic rings. The van der Waals surface area contributed by atoms with Crippen molar-refractivity contribution in [3.05, 3.63) is 22.7 Å². The van der Waals surface area contributed by atoms with Gasteiger partial charge in [0, 0.05) is 43.1 Å². The molecule has 5 heteroatoms. The van der Waals surface area contributed by atoms with Crippen LogP contribution in [0.25, 0.3) is 0 Å². The Kier molecular flexibility index (Phi) is 3.67. The summed E-state index contributed by atoms with van der Waals surface area (Å²) in [5.41, 5.74) is -0.228. The Hall–Kier alpha value is -1.36. The van der Waals surface area contributed by atoms with Crippen molar-refractivity contribution in [2.75, 3.05) is 18.0 Å². The molecule has 0 aromatic carbocycles. The van der Waals surface area contributed by atoms with E-state index in [9.17, 15) is 4.79 Å². The van der Waals surface area contributed by atoms with E-state index in [4.69, 9.17) is 0 Å². The molecule has 1 fully saturated rings. The van der Waals surface area contributed by atoms with E-state index < -0.39 is 0 Å². The first-order chi connectivity index (χ1) is 8.80. The van der Waals surface area contributed by atoms with Crippen LogP contribution in [-0.4, -0.2) is 34.7 Å². The Morgan fingerprint density at radius 1 is 1.37 bits per heavy atom. The number of aromatic nitrogens is 2. The van der Waals surface area contributed by atoms with Crippen LogP contribution >= 0.6 is 0 Å². The van der Waals surface area contributed by atoms with E-state index in [1.165, 1.54) is 0 Å². The van der Waals surface area contributed by atoms with Crippen molar-refractivity contribution in [1.82, 2.24) is 14.9 Å². The molecule has 1 aliphatic rings. The monoisotopic (exact) mass is 264 g/mol. The van der Waals surface area contributed by atoms with Gasteiger partial charge in [0.2, 0.25) is 0 Å². The van der Waals surface area contributed by atoms with Crippen LogP contribution in [0.5, 0.6) is 0 Å². The van der Waals surface area contributed by atoms with Gasteiger partial charge in [-0.3, -0.25) is 4.79 Å². The molecule has 2 rings (SSSR count). The van der Waals surface area contributed by atoms with Gasteiger partial charge in [-0.1, -0.05) is 0 Å². The fourth-order valence-electron chi connectivity index (χ4n) is 2.44. The lowest BCUT2D eigenvalue weighted by Crippen LogP contribution is -2.56. The van der Waals surface area contributed by atoms with Gasteiger partial charge in [-0.2, -0.15) is 0 Å². The minimum atomic E-state index is -0.225. The maximum Gasteiger partial charge on any atom is 0.293 e. The molecule has 0 radical (unpaired) electrons. The van der Waals surface area contributed by atoms with E-state index >= 15 is 0 Å². The quantitative estimate of drug-likeness (QED) is 0.827. The average Bonchev–Trinajstić information content (AvgIpc) is 2.31. The second kappa shape index (κ2) is 4.96. The zero-order valence-corrected chi connectivity index (χ0v) is 12.5. The summed E-state index contributed by atoms with van der Waals surface area (Å²) < 4.78 is 1.76. The Bertz CT molecular complexity index is 503. The van der Waals surface area contributed by atoms with Gasteiger partial charge in [-0.25, -0.2) is 4.98 Å². The molecule has 0 aliphatic carbocycles. The van der Waals surface area contributed by atoms with E-state index in [0.29, 0.717) is 11.9 Å². The zero-order valence-electron chi connectivity index (χ0n) is 12.5. The minimum absolute atomic E-state index is 0.00375. The molecule has 0 spiro atoms. The smallest absolute Gasteiger partial charge is 0.293 e. The third-order valence-corrected chi connectivity index (χ3v) is 3.58. The molecule has 2 atom stereocenters. The van der Waals surface area contributed by atoms with Crippen LogP contribution in [0, 0.1) is 0 Å². The second-order valence-corrected chi connectivity index (χ2v) is 6.41. The molecule has 0 saturated carbocycles. The van der Waals surface area contributed by atoms with Gasteiger partial charge in [0.15, 0.2) is 5.82 Å². The summed E-state index contributed by atoms with van der Waals surface area (Å²) in [6.45, 7) is 12.0. The molecule has 1 N–H and O–H groups in total. The highest BCUT2D eigenvalue weighted by Crippen LogP contribution is 2.16. The Balaban J connectivity index is 2.43. The van der Waals surface area contributed by atoms with Gasteiger partial charge in [-0.05, 0) is 34.6 Å². The summed E-state index contributed by atoms with van der Waals surface area (Å²) in [5, 5.41) is 3.42. The largest absolute Gasteiger partial charge is 0.346 e. The summed E-state index contributed by atoms with van der Waals surface area (Å²) in [5.74, 6) is 0.568. The molecule has 2 heterocycles. The van der Waals surface area contributed by atoms with Gasteiger partial charge in [-0.15, -0.1) is 0 Å².